The van der Waals surface area contributed by atoms with Crippen LogP contribution in [0, 0.1) is 0 Å². The zero-order valence-electron chi connectivity index (χ0n) is 13.1. The lowest BCUT2D eigenvalue weighted by molar-refractivity contribution is -0.00523. The Morgan fingerprint density at radius 3 is 2.60 bits per heavy atom. The molecule has 0 bridgehead atoms. The Bertz CT molecular complexity index is 411. The minimum atomic E-state index is 0.287. The average molecular weight is 297 g/mol. The van der Waals surface area contributed by atoms with Crippen LogP contribution in [0.4, 0.5) is 5.13 Å². The lowest BCUT2D eigenvalue weighted by Gasteiger charge is -2.35. The molecule has 0 aromatic carbocycles. The first-order chi connectivity index (χ1) is 9.63. The lowest BCUT2D eigenvalue weighted by atomic mass is 10.2. The van der Waals surface area contributed by atoms with Crippen molar-refractivity contribution in [2.45, 2.75) is 59.3 Å². The molecule has 1 aromatic heterocycles. The molecule has 0 radical (unpaired) electrons. The van der Waals surface area contributed by atoms with Crippen LogP contribution in [0.15, 0.2) is 0 Å². The standard InChI is InChI=1S/C15H27N3OS/c1-5-7-13-14(8-16-6-2)20-15(17-13)18-9-11(3)19-12(4)10-18/h11-12,16H,5-10H2,1-4H3. The molecule has 0 amide bonds. The van der Waals surface area contributed by atoms with Gasteiger partial charge in [-0.3, -0.25) is 0 Å². The van der Waals surface area contributed by atoms with Gasteiger partial charge in [0.1, 0.15) is 0 Å². The van der Waals surface area contributed by atoms with Crippen molar-refractivity contribution in [2.75, 3.05) is 24.5 Å². The van der Waals surface area contributed by atoms with E-state index in [1.54, 1.807) is 0 Å². The van der Waals surface area contributed by atoms with Gasteiger partial charge in [-0.2, -0.15) is 0 Å². The Balaban J connectivity index is 2.14. The second-order valence-electron chi connectivity index (χ2n) is 5.56. The molecule has 4 nitrogen and oxygen atoms in total. The van der Waals surface area contributed by atoms with Crippen LogP contribution >= 0.6 is 11.3 Å². The van der Waals surface area contributed by atoms with Crippen molar-refractivity contribution < 1.29 is 4.74 Å². The van der Waals surface area contributed by atoms with E-state index in [0.29, 0.717) is 0 Å². The topological polar surface area (TPSA) is 37.4 Å². The van der Waals surface area contributed by atoms with Gasteiger partial charge < -0.3 is 15.0 Å². The fourth-order valence-electron chi connectivity index (χ4n) is 2.65. The highest BCUT2D eigenvalue weighted by Crippen LogP contribution is 2.29. The number of nitrogens with zero attached hydrogens (tertiary/aromatic N) is 2. The van der Waals surface area contributed by atoms with Crippen molar-refractivity contribution in [3.05, 3.63) is 10.6 Å². The van der Waals surface area contributed by atoms with Gasteiger partial charge in [0.2, 0.25) is 0 Å². The van der Waals surface area contributed by atoms with Gasteiger partial charge >= 0.3 is 0 Å². The maximum atomic E-state index is 5.81. The number of nitrogens with one attached hydrogen (secondary N) is 1. The zero-order chi connectivity index (χ0) is 14.5. The van der Waals surface area contributed by atoms with Crippen LogP contribution in [-0.4, -0.2) is 36.8 Å². The quantitative estimate of drug-likeness (QED) is 0.876. The Morgan fingerprint density at radius 1 is 1.30 bits per heavy atom. The van der Waals surface area contributed by atoms with Gasteiger partial charge in [-0.25, -0.2) is 4.98 Å². The number of rotatable bonds is 6. The molecule has 0 saturated carbocycles. The highest BCUT2D eigenvalue weighted by molar-refractivity contribution is 7.15. The van der Waals surface area contributed by atoms with Crippen LogP contribution in [0.25, 0.3) is 0 Å². The summed E-state index contributed by atoms with van der Waals surface area (Å²) in [7, 11) is 0. The summed E-state index contributed by atoms with van der Waals surface area (Å²) >= 11 is 1.85. The molecule has 0 aliphatic carbocycles. The first kappa shape index (κ1) is 15.7. The molecular formula is C15H27N3OS. The number of aromatic nitrogens is 1. The van der Waals surface area contributed by atoms with E-state index < -0.39 is 0 Å². The molecule has 2 heterocycles. The van der Waals surface area contributed by atoms with Crippen molar-refractivity contribution in [1.82, 2.24) is 10.3 Å². The van der Waals surface area contributed by atoms with Gasteiger partial charge in [-0.15, -0.1) is 11.3 Å². The molecule has 2 rings (SSSR count). The first-order valence-electron chi connectivity index (χ1n) is 7.73. The molecule has 1 aliphatic rings. The monoisotopic (exact) mass is 297 g/mol. The second-order valence-corrected chi connectivity index (χ2v) is 6.62. The Hall–Kier alpha value is -0.650. The SMILES string of the molecule is CCCc1nc(N2CC(C)OC(C)C2)sc1CNCC. The fraction of sp³-hybridized carbons (Fsp3) is 0.800. The highest BCUT2D eigenvalue weighted by Gasteiger charge is 2.25. The number of hydrogen-bond acceptors (Lipinski definition) is 5. The van der Waals surface area contributed by atoms with Crippen LogP contribution in [0.5, 0.6) is 0 Å². The molecule has 2 atom stereocenters. The van der Waals surface area contributed by atoms with E-state index in [2.05, 4.69) is 37.9 Å². The Kier molecular flexibility index (Phi) is 5.81. The predicted octanol–water partition coefficient (Wildman–Crippen LogP) is 2.82. The third-order valence-corrected chi connectivity index (χ3v) is 4.64. The maximum Gasteiger partial charge on any atom is 0.186 e. The van der Waals surface area contributed by atoms with Gasteiger partial charge in [0.15, 0.2) is 5.13 Å². The molecule has 1 aromatic rings. The zero-order valence-corrected chi connectivity index (χ0v) is 13.9. The lowest BCUT2D eigenvalue weighted by Crippen LogP contribution is -2.45. The number of thiazole rings is 1. The molecule has 20 heavy (non-hydrogen) atoms. The number of ether oxygens (including phenoxy) is 1. The average Bonchev–Trinajstić information content (AvgIpc) is 2.79. The minimum absolute atomic E-state index is 0.287. The normalized spacial score (nSPS) is 23.3. The van der Waals surface area contributed by atoms with Gasteiger partial charge in [0.25, 0.3) is 0 Å². The van der Waals surface area contributed by atoms with Gasteiger partial charge in [-0.05, 0) is 26.8 Å². The third kappa shape index (κ3) is 3.93. The van der Waals surface area contributed by atoms with Crippen molar-refractivity contribution in [3.8, 4) is 0 Å². The number of morpholine rings is 1. The molecule has 1 fully saturated rings. The molecule has 0 spiro atoms. The third-order valence-electron chi connectivity index (χ3n) is 3.48. The van der Waals surface area contributed by atoms with Crippen molar-refractivity contribution in [1.29, 1.82) is 0 Å². The predicted molar refractivity (Wildman–Crippen MR) is 85.7 cm³/mol. The van der Waals surface area contributed by atoms with Crippen molar-refractivity contribution in [3.63, 3.8) is 0 Å². The summed E-state index contributed by atoms with van der Waals surface area (Å²) in [6, 6.07) is 0. The summed E-state index contributed by atoms with van der Waals surface area (Å²) in [6.45, 7) is 12.5. The van der Waals surface area contributed by atoms with Gasteiger partial charge in [0.05, 0.1) is 17.9 Å². The summed E-state index contributed by atoms with van der Waals surface area (Å²) in [6.07, 6.45) is 2.80. The summed E-state index contributed by atoms with van der Waals surface area (Å²) in [5.41, 5.74) is 1.28. The van der Waals surface area contributed by atoms with Crippen LogP contribution in [0.3, 0.4) is 0 Å². The molecular weight excluding hydrogens is 270 g/mol. The van der Waals surface area contributed by atoms with Gasteiger partial charge in [0, 0.05) is 24.5 Å². The van der Waals surface area contributed by atoms with Crippen LogP contribution in [-0.2, 0) is 17.7 Å². The van der Waals surface area contributed by atoms with Crippen molar-refractivity contribution in [2.24, 2.45) is 0 Å². The molecule has 5 heteroatoms. The number of anilines is 1. The summed E-state index contributed by atoms with van der Waals surface area (Å²) in [4.78, 5) is 8.68. The van der Waals surface area contributed by atoms with Crippen molar-refractivity contribution >= 4 is 16.5 Å². The summed E-state index contributed by atoms with van der Waals surface area (Å²) in [5, 5.41) is 4.59. The van der Waals surface area contributed by atoms with E-state index >= 15 is 0 Å². The van der Waals surface area contributed by atoms with E-state index in [9.17, 15) is 0 Å². The first-order valence-corrected chi connectivity index (χ1v) is 8.55. The van der Waals surface area contributed by atoms with E-state index in [1.807, 2.05) is 11.3 Å². The fourth-order valence-corrected chi connectivity index (χ4v) is 3.74. The summed E-state index contributed by atoms with van der Waals surface area (Å²) < 4.78 is 5.81. The number of hydrogen-bond donors (Lipinski definition) is 1. The van der Waals surface area contributed by atoms with Crippen LogP contribution < -0.4 is 10.2 Å². The van der Waals surface area contributed by atoms with Crippen LogP contribution in [0.1, 0.15) is 44.7 Å². The summed E-state index contributed by atoms with van der Waals surface area (Å²) in [5.74, 6) is 0. The maximum absolute atomic E-state index is 5.81. The van der Waals surface area contributed by atoms with E-state index in [1.165, 1.54) is 15.7 Å². The second kappa shape index (κ2) is 7.38. The molecule has 114 valence electrons. The van der Waals surface area contributed by atoms with E-state index in [0.717, 1.165) is 39.0 Å². The molecule has 1 aliphatic heterocycles. The smallest absolute Gasteiger partial charge is 0.186 e. The van der Waals surface area contributed by atoms with E-state index in [-0.39, 0.29) is 12.2 Å². The molecule has 1 saturated heterocycles. The Morgan fingerprint density at radius 2 is 2.00 bits per heavy atom. The minimum Gasteiger partial charge on any atom is -0.372 e. The number of aryl methyl sites for hydroxylation is 1. The van der Waals surface area contributed by atoms with Crippen LogP contribution in [0.2, 0.25) is 0 Å². The molecule has 1 N–H and O–H groups in total. The molecule has 2 unspecified atom stereocenters. The highest BCUT2D eigenvalue weighted by atomic mass is 32.1. The Labute approximate surface area is 126 Å². The van der Waals surface area contributed by atoms with E-state index in [4.69, 9.17) is 9.72 Å². The largest absolute Gasteiger partial charge is 0.372 e. The van der Waals surface area contributed by atoms with Gasteiger partial charge in [-0.1, -0.05) is 20.3 Å².